The summed E-state index contributed by atoms with van der Waals surface area (Å²) in [4.78, 5) is 11.7. The Bertz CT molecular complexity index is 368. The van der Waals surface area contributed by atoms with E-state index in [0.29, 0.717) is 6.42 Å². The van der Waals surface area contributed by atoms with E-state index in [1.54, 1.807) is 0 Å². The number of nitrogens with two attached hydrogens (primary N) is 1. The number of nitrogens with one attached hydrogen (secondary N) is 1. The highest BCUT2D eigenvalue weighted by molar-refractivity contribution is 5.77. The molecule has 1 amide bonds. The van der Waals surface area contributed by atoms with Gasteiger partial charge in [-0.1, -0.05) is 30.3 Å². The predicted octanol–water partition coefficient (Wildman–Crippen LogP) is 2.25. The van der Waals surface area contributed by atoms with Crippen molar-refractivity contribution in [2.45, 2.75) is 51.6 Å². The first-order chi connectivity index (χ1) is 8.37. The van der Waals surface area contributed by atoms with Crippen molar-refractivity contribution in [2.75, 3.05) is 0 Å². The lowest BCUT2D eigenvalue weighted by Gasteiger charge is -2.20. The van der Waals surface area contributed by atoms with E-state index in [1.165, 1.54) is 5.56 Å². The number of rotatable bonds is 6. The van der Waals surface area contributed by atoms with Gasteiger partial charge in [0.2, 0.25) is 5.91 Å². The number of benzene rings is 1. The van der Waals surface area contributed by atoms with Gasteiger partial charge in [0.05, 0.1) is 0 Å². The monoisotopic (exact) mass is 248 g/mol. The first kappa shape index (κ1) is 14.7. The molecule has 0 fully saturated rings. The molecule has 1 aromatic rings. The molecule has 1 aromatic carbocycles. The van der Waals surface area contributed by atoms with Gasteiger partial charge in [0, 0.05) is 18.0 Å². The van der Waals surface area contributed by atoms with E-state index in [9.17, 15) is 4.79 Å². The van der Waals surface area contributed by atoms with Crippen LogP contribution >= 0.6 is 0 Å². The van der Waals surface area contributed by atoms with E-state index >= 15 is 0 Å². The Balaban J connectivity index is 2.29. The molecule has 0 heterocycles. The van der Waals surface area contributed by atoms with Gasteiger partial charge in [-0.05, 0) is 39.2 Å². The molecule has 0 saturated carbocycles. The van der Waals surface area contributed by atoms with Gasteiger partial charge < -0.3 is 11.1 Å². The highest BCUT2D eigenvalue weighted by Gasteiger charge is 2.17. The number of carbonyl (C=O) groups is 1. The number of aryl methyl sites for hydroxylation is 1. The lowest BCUT2D eigenvalue weighted by atomic mass is 10.0. The summed E-state index contributed by atoms with van der Waals surface area (Å²) in [6, 6.07) is 10.5. The van der Waals surface area contributed by atoms with Crippen LogP contribution in [-0.4, -0.2) is 17.5 Å². The number of hydrogen-bond acceptors (Lipinski definition) is 2. The quantitative estimate of drug-likeness (QED) is 0.811. The minimum Gasteiger partial charge on any atom is -0.354 e. The zero-order valence-corrected chi connectivity index (χ0v) is 11.6. The average molecular weight is 248 g/mol. The van der Waals surface area contributed by atoms with Crippen LogP contribution in [-0.2, 0) is 11.2 Å². The van der Waals surface area contributed by atoms with Crippen molar-refractivity contribution in [2.24, 2.45) is 5.73 Å². The maximum atomic E-state index is 11.7. The van der Waals surface area contributed by atoms with Crippen molar-refractivity contribution >= 4 is 5.91 Å². The first-order valence-electron chi connectivity index (χ1n) is 6.49. The second-order valence-corrected chi connectivity index (χ2v) is 5.66. The van der Waals surface area contributed by atoms with Crippen LogP contribution in [0.15, 0.2) is 30.3 Å². The maximum Gasteiger partial charge on any atom is 0.222 e. The predicted molar refractivity (Wildman–Crippen MR) is 75.3 cm³/mol. The smallest absolute Gasteiger partial charge is 0.222 e. The normalized spacial score (nSPS) is 13.1. The average Bonchev–Trinajstić information content (AvgIpc) is 2.25. The van der Waals surface area contributed by atoms with Gasteiger partial charge in [0.15, 0.2) is 0 Å². The third kappa shape index (κ3) is 6.40. The van der Waals surface area contributed by atoms with E-state index in [2.05, 4.69) is 17.4 Å². The summed E-state index contributed by atoms with van der Waals surface area (Å²) in [5, 5.41) is 2.99. The fourth-order valence-electron chi connectivity index (χ4n) is 1.84. The van der Waals surface area contributed by atoms with Crippen molar-refractivity contribution in [3.05, 3.63) is 35.9 Å². The minimum atomic E-state index is -0.441. The van der Waals surface area contributed by atoms with Crippen LogP contribution in [0, 0.1) is 0 Å². The second-order valence-electron chi connectivity index (χ2n) is 5.66. The van der Waals surface area contributed by atoms with Crippen molar-refractivity contribution in [1.82, 2.24) is 5.32 Å². The summed E-state index contributed by atoms with van der Waals surface area (Å²) in [5.41, 5.74) is 6.68. The van der Waals surface area contributed by atoms with Gasteiger partial charge in [-0.25, -0.2) is 0 Å². The molecule has 1 atom stereocenters. The molecule has 0 spiro atoms. The molecule has 0 radical (unpaired) electrons. The molecule has 0 aromatic heterocycles. The van der Waals surface area contributed by atoms with Gasteiger partial charge in [0.1, 0.15) is 0 Å². The van der Waals surface area contributed by atoms with E-state index in [-0.39, 0.29) is 11.9 Å². The van der Waals surface area contributed by atoms with Crippen molar-refractivity contribution in [1.29, 1.82) is 0 Å². The molecular formula is C15H24N2O. The van der Waals surface area contributed by atoms with Crippen LogP contribution in [0.4, 0.5) is 0 Å². The van der Waals surface area contributed by atoms with Gasteiger partial charge >= 0.3 is 0 Å². The molecule has 18 heavy (non-hydrogen) atoms. The Hall–Kier alpha value is -1.35. The number of carbonyl (C=O) groups excluding carboxylic acids is 1. The standard InChI is InChI=1S/C15H24N2O/c1-12(17-14(18)11-15(2,3)16)9-10-13-7-5-4-6-8-13/h4-8,12H,9-11,16H2,1-3H3,(H,17,18). The summed E-state index contributed by atoms with van der Waals surface area (Å²) in [5.74, 6) is 0.0306. The summed E-state index contributed by atoms with van der Waals surface area (Å²) < 4.78 is 0. The molecule has 3 nitrogen and oxygen atoms in total. The summed E-state index contributed by atoms with van der Waals surface area (Å²) in [7, 11) is 0. The largest absolute Gasteiger partial charge is 0.354 e. The Kier molecular flexibility index (Phi) is 5.35. The third-order valence-electron chi connectivity index (χ3n) is 2.73. The van der Waals surface area contributed by atoms with Gasteiger partial charge in [-0.2, -0.15) is 0 Å². The van der Waals surface area contributed by atoms with E-state index in [4.69, 9.17) is 5.73 Å². The van der Waals surface area contributed by atoms with Crippen molar-refractivity contribution in [3.63, 3.8) is 0 Å². The van der Waals surface area contributed by atoms with E-state index < -0.39 is 5.54 Å². The second kappa shape index (κ2) is 6.55. The summed E-state index contributed by atoms with van der Waals surface area (Å²) in [6.45, 7) is 5.76. The summed E-state index contributed by atoms with van der Waals surface area (Å²) >= 11 is 0. The van der Waals surface area contributed by atoms with Crippen LogP contribution < -0.4 is 11.1 Å². The molecule has 0 aliphatic rings. The molecule has 1 rings (SSSR count). The highest BCUT2D eigenvalue weighted by atomic mass is 16.1. The molecular weight excluding hydrogens is 224 g/mol. The van der Waals surface area contributed by atoms with Crippen LogP contribution in [0.1, 0.15) is 39.2 Å². The number of hydrogen-bond donors (Lipinski definition) is 2. The third-order valence-corrected chi connectivity index (χ3v) is 2.73. The molecule has 3 N–H and O–H groups in total. The van der Waals surface area contributed by atoms with Crippen molar-refractivity contribution < 1.29 is 4.79 Å². The van der Waals surface area contributed by atoms with Gasteiger partial charge in [0.25, 0.3) is 0 Å². The lowest BCUT2D eigenvalue weighted by Crippen LogP contribution is -2.41. The molecule has 0 bridgehead atoms. The SMILES string of the molecule is CC(CCc1ccccc1)NC(=O)CC(C)(C)N. The van der Waals surface area contributed by atoms with Crippen LogP contribution in [0.2, 0.25) is 0 Å². The van der Waals surface area contributed by atoms with Crippen LogP contribution in [0.3, 0.4) is 0 Å². The maximum absolute atomic E-state index is 11.7. The molecule has 1 unspecified atom stereocenters. The fourth-order valence-corrected chi connectivity index (χ4v) is 1.84. The van der Waals surface area contributed by atoms with E-state index in [1.807, 2.05) is 39.0 Å². The Morgan fingerprint density at radius 3 is 2.50 bits per heavy atom. The molecule has 3 heteroatoms. The van der Waals surface area contributed by atoms with Crippen LogP contribution in [0.5, 0.6) is 0 Å². The van der Waals surface area contributed by atoms with Gasteiger partial charge in [-0.15, -0.1) is 0 Å². The lowest BCUT2D eigenvalue weighted by molar-refractivity contribution is -0.122. The molecule has 0 aliphatic heterocycles. The number of amides is 1. The topological polar surface area (TPSA) is 55.1 Å². The van der Waals surface area contributed by atoms with E-state index in [0.717, 1.165) is 12.8 Å². The zero-order valence-electron chi connectivity index (χ0n) is 11.6. The van der Waals surface area contributed by atoms with Crippen molar-refractivity contribution in [3.8, 4) is 0 Å². The van der Waals surface area contributed by atoms with Gasteiger partial charge in [-0.3, -0.25) is 4.79 Å². The molecule has 0 saturated heterocycles. The zero-order chi connectivity index (χ0) is 13.6. The Morgan fingerprint density at radius 1 is 1.33 bits per heavy atom. The van der Waals surface area contributed by atoms with Crippen LogP contribution in [0.25, 0.3) is 0 Å². The first-order valence-corrected chi connectivity index (χ1v) is 6.49. The molecule has 100 valence electrons. The fraction of sp³-hybridized carbons (Fsp3) is 0.533. The Morgan fingerprint density at radius 2 is 1.94 bits per heavy atom. The Labute approximate surface area is 110 Å². The highest BCUT2D eigenvalue weighted by Crippen LogP contribution is 2.07. The summed E-state index contributed by atoms with van der Waals surface area (Å²) in [6.07, 6.45) is 2.29. The minimum absolute atomic E-state index is 0.0306. The molecule has 0 aliphatic carbocycles.